The number of ether oxygens (including phenoxy) is 2. The molecule has 0 spiro atoms. The maximum absolute atomic E-state index is 12.4. The van der Waals surface area contributed by atoms with Crippen molar-refractivity contribution >= 4 is 17.5 Å². The summed E-state index contributed by atoms with van der Waals surface area (Å²) < 4.78 is 10.9. The van der Waals surface area contributed by atoms with Gasteiger partial charge in [-0.25, -0.2) is 0 Å². The molecule has 6 nitrogen and oxygen atoms in total. The maximum atomic E-state index is 12.4. The molecule has 0 bridgehead atoms. The predicted molar refractivity (Wildman–Crippen MR) is 87.8 cm³/mol. The van der Waals surface area contributed by atoms with Gasteiger partial charge in [0.15, 0.2) is 11.5 Å². The standard InChI is InChI=1S/C17H24N2O4/c1-4-5-8-18-15(20)17(2,3)16(21)19-12-6-7-13-14(11-12)23-10-9-22-13/h6-7,11H,4-5,8-10H2,1-3H3,(H,18,20)(H,19,21). The fourth-order valence-corrected chi connectivity index (χ4v) is 2.11. The number of amides is 2. The average Bonchev–Trinajstić information content (AvgIpc) is 2.54. The van der Waals surface area contributed by atoms with Crippen LogP contribution in [0, 0.1) is 5.41 Å². The van der Waals surface area contributed by atoms with Gasteiger partial charge in [0.2, 0.25) is 11.8 Å². The predicted octanol–water partition coefficient (Wildman–Crippen LogP) is 2.34. The zero-order valence-corrected chi connectivity index (χ0v) is 13.9. The first-order valence-electron chi connectivity index (χ1n) is 7.94. The van der Waals surface area contributed by atoms with Gasteiger partial charge in [0.1, 0.15) is 18.6 Å². The van der Waals surface area contributed by atoms with Gasteiger partial charge in [-0.05, 0) is 32.4 Å². The smallest absolute Gasteiger partial charge is 0.239 e. The van der Waals surface area contributed by atoms with Gasteiger partial charge in [-0.2, -0.15) is 0 Å². The lowest BCUT2D eigenvalue weighted by molar-refractivity contribution is -0.138. The third kappa shape index (κ3) is 4.15. The number of anilines is 1. The van der Waals surface area contributed by atoms with Gasteiger partial charge in [-0.3, -0.25) is 9.59 Å². The first kappa shape index (κ1) is 17.1. The zero-order valence-electron chi connectivity index (χ0n) is 13.9. The number of nitrogens with one attached hydrogen (secondary N) is 2. The van der Waals surface area contributed by atoms with E-state index < -0.39 is 5.41 Å². The van der Waals surface area contributed by atoms with Crippen LogP contribution in [0.4, 0.5) is 5.69 Å². The van der Waals surface area contributed by atoms with Crippen molar-refractivity contribution in [1.29, 1.82) is 0 Å². The molecule has 0 atom stereocenters. The molecule has 0 saturated heterocycles. The Morgan fingerprint density at radius 2 is 1.83 bits per heavy atom. The molecule has 0 aromatic heterocycles. The molecule has 0 aliphatic carbocycles. The minimum absolute atomic E-state index is 0.277. The van der Waals surface area contributed by atoms with Crippen molar-refractivity contribution in [2.24, 2.45) is 5.41 Å². The summed E-state index contributed by atoms with van der Waals surface area (Å²) in [7, 11) is 0. The van der Waals surface area contributed by atoms with Crippen LogP contribution in [0.2, 0.25) is 0 Å². The Hall–Kier alpha value is -2.24. The highest BCUT2D eigenvalue weighted by atomic mass is 16.6. The first-order valence-corrected chi connectivity index (χ1v) is 7.94. The molecular weight excluding hydrogens is 296 g/mol. The van der Waals surface area contributed by atoms with E-state index in [0.717, 1.165) is 12.8 Å². The van der Waals surface area contributed by atoms with Crippen LogP contribution in [0.25, 0.3) is 0 Å². The van der Waals surface area contributed by atoms with Gasteiger partial charge in [-0.1, -0.05) is 13.3 Å². The minimum atomic E-state index is -1.15. The Bertz CT molecular complexity index is 584. The third-order valence-electron chi connectivity index (χ3n) is 3.75. The fourth-order valence-electron chi connectivity index (χ4n) is 2.11. The van der Waals surface area contributed by atoms with E-state index in [-0.39, 0.29) is 11.8 Å². The summed E-state index contributed by atoms with van der Waals surface area (Å²) in [6, 6.07) is 5.19. The van der Waals surface area contributed by atoms with Gasteiger partial charge in [0, 0.05) is 18.3 Å². The van der Waals surface area contributed by atoms with Gasteiger partial charge in [-0.15, -0.1) is 0 Å². The van der Waals surface area contributed by atoms with Gasteiger partial charge < -0.3 is 20.1 Å². The topological polar surface area (TPSA) is 76.7 Å². The van der Waals surface area contributed by atoms with Crippen LogP contribution in [-0.4, -0.2) is 31.6 Å². The number of rotatable bonds is 6. The maximum Gasteiger partial charge on any atom is 0.239 e. The minimum Gasteiger partial charge on any atom is -0.486 e. The van der Waals surface area contributed by atoms with Crippen LogP contribution in [0.3, 0.4) is 0 Å². The summed E-state index contributed by atoms with van der Waals surface area (Å²) in [6.45, 7) is 6.85. The molecule has 1 heterocycles. The molecule has 23 heavy (non-hydrogen) atoms. The Morgan fingerprint density at radius 3 is 2.52 bits per heavy atom. The molecule has 0 fully saturated rings. The number of benzene rings is 1. The largest absolute Gasteiger partial charge is 0.486 e. The normalized spacial score (nSPS) is 13.3. The van der Waals surface area contributed by atoms with Crippen molar-refractivity contribution in [1.82, 2.24) is 5.32 Å². The Balaban J connectivity index is 2.01. The van der Waals surface area contributed by atoms with Crippen molar-refractivity contribution in [3.63, 3.8) is 0 Å². The van der Waals surface area contributed by atoms with E-state index in [9.17, 15) is 9.59 Å². The summed E-state index contributed by atoms with van der Waals surface area (Å²) in [6.07, 6.45) is 1.88. The van der Waals surface area contributed by atoms with E-state index in [1.165, 1.54) is 0 Å². The van der Waals surface area contributed by atoms with E-state index in [4.69, 9.17) is 9.47 Å². The monoisotopic (exact) mass is 320 g/mol. The number of carbonyl (C=O) groups is 2. The van der Waals surface area contributed by atoms with Crippen LogP contribution in [0.1, 0.15) is 33.6 Å². The average molecular weight is 320 g/mol. The lowest BCUT2D eigenvalue weighted by Crippen LogP contribution is -2.45. The van der Waals surface area contributed by atoms with Crippen LogP contribution in [-0.2, 0) is 9.59 Å². The van der Waals surface area contributed by atoms with Gasteiger partial charge in [0.25, 0.3) is 0 Å². The van der Waals surface area contributed by atoms with Crippen molar-refractivity contribution < 1.29 is 19.1 Å². The fraction of sp³-hybridized carbons (Fsp3) is 0.529. The molecule has 126 valence electrons. The van der Waals surface area contributed by atoms with Crippen molar-refractivity contribution in [3.8, 4) is 11.5 Å². The number of carbonyl (C=O) groups excluding carboxylic acids is 2. The Kier molecular flexibility index (Phi) is 5.47. The molecule has 0 saturated carbocycles. The molecule has 6 heteroatoms. The lowest BCUT2D eigenvalue weighted by atomic mass is 9.91. The second-order valence-corrected chi connectivity index (χ2v) is 6.05. The van der Waals surface area contributed by atoms with Crippen LogP contribution in [0.5, 0.6) is 11.5 Å². The zero-order chi connectivity index (χ0) is 16.9. The van der Waals surface area contributed by atoms with Crippen molar-refractivity contribution in [2.75, 3.05) is 25.1 Å². The van der Waals surface area contributed by atoms with Crippen LogP contribution in [0.15, 0.2) is 18.2 Å². The van der Waals surface area contributed by atoms with Crippen molar-refractivity contribution in [2.45, 2.75) is 33.6 Å². The molecule has 0 unspecified atom stereocenters. The molecular formula is C17H24N2O4. The van der Waals surface area contributed by atoms with E-state index in [0.29, 0.717) is 36.9 Å². The molecule has 0 radical (unpaired) electrons. The molecule has 1 aliphatic rings. The third-order valence-corrected chi connectivity index (χ3v) is 3.75. The molecule has 2 amide bonds. The van der Waals surface area contributed by atoms with Crippen LogP contribution >= 0.6 is 0 Å². The van der Waals surface area contributed by atoms with E-state index >= 15 is 0 Å². The second-order valence-electron chi connectivity index (χ2n) is 6.05. The first-order chi connectivity index (χ1) is 10.9. The number of hydrogen-bond acceptors (Lipinski definition) is 4. The molecule has 2 N–H and O–H groups in total. The highest BCUT2D eigenvalue weighted by Gasteiger charge is 2.36. The lowest BCUT2D eigenvalue weighted by Gasteiger charge is -2.23. The number of unbranched alkanes of at least 4 members (excludes halogenated alkanes) is 1. The van der Waals surface area contributed by atoms with E-state index in [1.54, 1.807) is 32.0 Å². The van der Waals surface area contributed by atoms with Crippen LogP contribution < -0.4 is 20.1 Å². The van der Waals surface area contributed by atoms with Gasteiger partial charge in [0.05, 0.1) is 0 Å². The second kappa shape index (κ2) is 7.35. The highest BCUT2D eigenvalue weighted by Crippen LogP contribution is 2.33. The SMILES string of the molecule is CCCCNC(=O)C(C)(C)C(=O)Nc1ccc2c(c1)OCCO2. The summed E-state index contributed by atoms with van der Waals surface area (Å²) in [5, 5.41) is 5.56. The van der Waals surface area contributed by atoms with Gasteiger partial charge >= 0.3 is 0 Å². The van der Waals surface area contributed by atoms with E-state index in [2.05, 4.69) is 10.6 Å². The highest BCUT2D eigenvalue weighted by molar-refractivity contribution is 6.09. The van der Waals surface area contributed by atoms with Crippen molar-refractivity contribution in [3.05, 3.63) is 18.2 Å². The summed E-state index contributed by atoms with van der Waals surface area (Å²) in [5.74, 6) is 0.620. The molecule has 1 aromatic carbocycles. The van der Waals surface area contributed by atoms with E-state index in [1.807, 2.05) is 6.92 Å². The number of hydrogen-bond donors (Lipinski definition) is 2. The summed E-state index contributed by atoms with van der Waals surface area (Å²) >= 11 is 0. The number of fused-ring (bicyclic) bond motifs is 1. The summed E-state index contributed by atoms with van der Waals surface area (Å²) in [5.41, 5.74) is -0.574. The Morgan fingerprint density at radius 1 is 1.13 bits per heavy atom. The quantitative estimate of drug-likeness (QED) is 0.623. The molecule has 2 rings (SSSR count). The Labute approximate surface area is 136 Å². The summed E-state index contributed by atoms with van der Waals surface area (Å²) in [4.78, 5) is 24.6. The molecule has 1 aromatic rings. The molecule has 1 aliphatic heterocycles.